The molecule has 0 aromatic heterocycles. The lowest BCUT2D eigenvalue weighted by molar-refractivity contribution is 0.831. The average molecular weight is 879 g/mol. The Kier molecular flexibility index (Phi) is 9.49. The van der Waals surface area contributed by atoms with Crippen LogP contribution < -0.4 is 10.6 Å². The molecule has 68 heavy (non-hydrogen) atoms. The molecule has 14 rings (SSSR count). The van der Waals surface area contributed by atoms with Crippen molar-refractivity contribution in [2.24, 2.45) is 27.7 Å². The molecule has 7 unspecified atom stereocenters. The third kappa shape index (κ3) is 7.12. The number of nitrogens with one attached hydrogen (secondary N) is 2. The molecule has 3 aliphatic heterocycles. The van der Waals surface area contributed by atoms with Gasteiger partial charge in [-0.1, -0.05) is 170 Å². The molecular weight excluding hydrogens is 825 g/mol. The van der Waals surface area contributed by atoms with Gasteiger partial charge in [0.25, 0.3) is 0 Å². The predicted octanol–water partition coefficient (Wildman–Crippen LogP) is 14.6. The molecule has 5 aromatic rings. The molecule has 4 nitrogen and oxygen atoms in total. The minimum Gasteiger partial charge on any atom is -0.372 e. The van der Waals surface area contributed by atoms with Gasteiger partial charge in [0.1, 0.15) is 5.84 Å². The average Bonchev–Trinajstić information content (AvgIpc) is 4.37. The molecule has 2 fully saturated rings. The Bertz CT molecular complexity index is 3290. The summed E-state index contributed by atoms with van der Waals surface area (Å²) >= 11 is 0. The number of hydrogen-bond acceptors (Lipinski definition) is 4. The monoisotopic (exact) mass is 878 g/mol. The fourth-order valence-electron chi connectivity index (χ4n) is 12.1. The maximum absolute atomic E-state index is 5.41. The largest absolute Gasteiger partial charge is 0.372 e. The number of benzene rings is 5. The Morgan fingerprint density at radius 3 is 2.35 bits per heavy atom. The number of nitrogens with zero attached hydrogens (tertiary/aromatic N) is 2. The van der Waals surface area contributed by atoms with E-state index in [0.29, 0.717) is 17.8 Å². The second kappa shape index (κ2) is 16.2. The zero-order chi connectivity index (χ0) is 44.7. The molecule has 0 spiro atoms. The van der Waals surface area contributed by atoms with E-state index >= 15 is 0 Å². The van der Waals surface area contributed by atoms with Gasteiger partial charge >= 0.3 is 0 Å². The molecule has 0 saturated heterocycles. The third-order valence-corrected chi connectivity index (χ3v) is 16.0. The number of rotatable bonds is 8. The van der Waals surface area contributed by atoms with Gasteiger partial charge in [0.2, 0.25) is 0 Å². The van der Waals surface area contributed by atoms with Crippen LogP contribution in [0.2, 0.25) is 0 Å². The first kappa shape index (κ1) is 39.8. The topological polar surface area (TPSA) is 48.8 Å². The number of anilines is 1. The van der Waals surface area contributed by atoms with Gasteiger partial charge in [-0.2, -0.15) is 0 Å². The van der Waals surface area contributed by atoms with E-state index in [9.17, 15) is 0 Å². The van der Waals surface area contributed by atoms with E-state index in [4.69, 9.17) is 9.98 Å². The van der Waals surface area contributed by atoms with E-state index in [0.717, 1.165) is 72.2 Å². The van der Waals surface area contributed by atoms with Crippen LogP contribution in [0.5, 0.6) is 0 Å². The first-order valence-electron chi connectivity index (χ1n) is 25.2. The number of amidine groups is 1. The maximum atomic E-state index is 5.41. The molecule has 5 aromatic carbocycles. The first-order valence-corrected chi connectivity index (χ1v) is 25.2. The molecule has 330 valence electrons. The fraction of sp³-hybridized carbons (Fsp3) is 0.219. The summed E-state index contributed by atoms with van der Waals surface area (Å²) in [6.07, 6.45) is 36.4. The van der Waals surface area contributed by atoms with Crippen LogP contribution in [-0.2, 0) is 6.42 Å². The lowest BCUT2D eigenvalue weighted by Crippen LogP contribution is -2.30. The SMILES string of the molecule is C1=CC(C2C=C(c3cccc(C4C=CC(C5=NC(c6ccccc6)C=C(C6=CC7CC7C(c7cccc8c7C=CC7CC87)=C6)N5)=CC4)c3)c3ccc4c(c3N2)N=C(c2ccccc2)CC4)=CCC1. The normalized spacial score (nSPS) is 26.7. The van der Waals surface area contributed by atoms with Gasteiger partial charge in [-0.15, -0.1) is 0 Å². The fourth-order valence-corrected chi connectivity index (χ4v) is 12.1. The van der Waals surface area contributed by atoms with Crippen LogP contribution in [0.15, 0.2) is 214 Å². The Labute approximate surface area is 400 Å². The zero-order valence-corrected chi connectivity index (χ0v) is 38.3. The van der Waals surface area contributed by atoms with Crippen molar-refractivity contribution >= 4 is 40.1 Å². The molecule has 6 aliphatic carbocycles. The Morgan fingerprint density at radius 1 is 0.632 bits per heavy atom. The summed E-state index contributed by atoms with van der Waals surface area (Å²) in [4.78, 5) is 10.8. The minimum absolute atomic E-state index is 0.0624. The first-order chi connectivity index (χ1) is 33.6. The van der Waals surface area contributed by atoms with Gasteiger partial charge in [-0.3, -0.25) is 9.98 Å². The highest BCUT2D eigenvalue weighted by molar-refractivity contribution is 6.06. The van der Waals surface area contributed by atoms with Gasteiger partial charge in [0.05, 0.1) is 23.5 Å². The van der Waals surface area contributed by atoms with Crippen molar-refractivity contribution in [3.05, 3.63) is 255 Å². The summed E-state index contributed by atoms with van der Waals surface area (Å²) in [5.74, 6) is 3.85. The van der Waals surface area contributed by atoms with Gasteiger partial charge in [-0.05, 0) is 154 Å². The van der Waals surface area contributed by atoms with Crippen LogP contribution in [-0.4, -0.2) is 17.6 Å². The van der Waals surface area contributed by atoms with Gasteiger partial charge in [0, 0.05) is 28.5 Å². The maximum Gasteiger partial charge on any atom is 0.133 e. The van der Waals surface area contributed by atoms with E-state index in [1.54, 1.807) is 5.56 Å². The Balaban J connectivity index is 0.764. The Hall–Kier alpha value is -7.30. The van der Waals surface area contributed by atoms with E-state index in [1.165, 1.54) is 79.6 Å². The van der Waals surface area contributed by atoms with Crippen molar-refractivity contribution in [3.63, 3.8) is 0 Å². The number of aryl methyl sites for hydroxylation is 1. The van der Waals surface area contributed by atoms with Crippen molar-refractivity contribution in [1.82, 2.24) is 5.32 Å². The molecule has 7 atom stereocenters. The van der Waals surface area contributed by atoms with Crippen LogP contribution in [0.3, 0.4) is 0 Å². The molecule has 0 radical (unpaired) electrons. The van der Waals surface area contributed by atoms with E-state index < -0.39 is 0 Å². The third-order valence-electron chi connectivity index (χ3n) is 16.0. The summed E-state index contributed by atoms with van der Waals surface area (Å²) in [6, 6.07) is 42.5. The van der Waals surface area contributed by atoms with Crippen molar-refractivity contribution < 1.29 is 0 Å². The highest BCUT2D eigenvalue weighted by Crippen LogP contribution is 2.58. The van der Waals surface area contributed by atoms with Crippen molar-refractivity contribution in [1.29, 1.82) is 0 Å². The standard InChI is InChI=1S/C64H54N4/c1-4-12-40(13-5-1)58-31-28-43-26-30-53-56(37-59(41-14-6-2-7-15-41)66-63(53)62(43)65-58)46-19-10-18-45(32-46)39-22-24-44(25-23-39)64-67-60(42-16-8-3-9-17-42)38-61(68-64)49-33-48-35-55(48)57(36-49)51-21-11-20-50-52(51)29-27-47-34-54(47)50/h1,3-6,8-22,24-27,29-30,32-33,36-39,47-48,54-55,59-60,66H,2,7,23,28,31,34-35H2,(H,67,68). The minimum atomic E-state index is -0.0777. The smallest absolute Gasteiger partial charge is 0.133 e. The molecule has 3 heterocycles. The highest BCUT2D eigenvalue weighted by Gasteiger charge is 2.45. The van der Waals surface area contributed by atoms with Crippen LogP contribution in [0.4, 0.5) is 11.4 Å². The van der Waals surface area contributed by atoms with E-state index in [-0.39, 0.29) is 18.0 Å². The van der Waals surface area contributed by atoms with Crippen LogP contribution >= 0.6 is 0 Å². The summed E-state index contributed by atoms with van der Waals surface area (Å²) in [7, 11) is 0. The summed E-state index contributed by atoms with van der Waals surface area (Å²) in [5.41, 5.74) is 23.1. The molecule has 9 aliphatic rings. The van der Waals surface area contributed by atoms with Gasteiger partial charge in [-0.25, -0.2) is 0 Å². The van der Waals surface area contributed by atoms with E-state index in [2.05, 4.69) is 199 Å². The van der Waals surface area contributed by atoms with Crippen LogP contribution in [0, 0.1) is 17.8 Å². The number of fused-ring (bicyclic) bond motifs is 7. The molecular formula is C64H54N4. The molecule has 0 bridgehead atoms. The molecule has 2 saturated carbocycles. The summed E-state index contributed by atoms with van der Waals surface area (Å²) in [6.45, 7) is 0. The number of aliphatic imine (C=N–C) groups is 2. The number of allylic oxidation sites excluding steroid dienone is 8. The molecule has 2 N–H and O–H groups in total. The van der Waals surface area contributed by atoms with Crippen LogP contribution in [0.25, 0.3) is 17.2 Å². The van der Waals surface area contributed by atoms with E-state index in [1.807, 2.05) is 0 Å². The van der Waals surface area contributed by atoms with Gasteiger partial charge < -0.3 is 10.6 Å². The molecule has 0 amide bonds. The van der Waals surface area contributed by atoms with Gasteiger partial charge in [0.15, 0.2) is 0 Å². The van der Waals surface area contributed by atoms with Crippen molar-refractivity contribution in [2.75, 3.05) is 5.32 Å². The molecule has 4 heteroatoms. The summed E-state index contributed by atoms with van der Waals surface area (Å²) in [5, 5.41) is 7.89. The second-order valence-corrected chi connectivity index (χ2v) is 20.2. The van der Waals surface area contributed by atoms with Crippen molar-refractivity contribution in [3.8, 4) is 0 Å². The van der Waals surface area contributed by atoms with Crippen molar-refractivity contribution in [2.45, 2.75) is 68.9 Å². The summed E-state index contributed by atoms with van der Waals surface area (Å²) < 4.78 is 0. The lowest BCUT2D eigenvalue weighted by Gasteiger charge is -2.31. The second-order valence-electron chi connectivity index (χ2n) is 20.2. The predicted molar refractivity (Wildman–Crippen MR) is 281 cm³/mol. The van der Waals surface area contributed by atoms with Crippen LogP contribution in [0.1, 0.15) is 106 Å². The number of hydrogen-bond donors (Lipinski definition) is 2. The lowest BCUT2D eigenvalue weighted by atomic mass is 9.83. The Morgan fingerprint density at radius 2 is 1.49 bits per heavy atom. The highest BCUT2D eigenvalue weighted by atomic mass is 15.0. The quantitative estimate of drug-likeness (QED) is 0.163. The zero-order valence-electron chi connectivity index (χ0n) is 38.3.